The van der Waals surface area contributed by atoms with Crippen molar-refractivity contribution >= 4 is 21.8 Å². The molecule has 1 aromatic heterocycles. The smallest absolute Gasteiger partial charge is 0.243 e. The second-order valence-corrected chi connectivity index (χ2v) is 9.90. The fourth-order valence-electron chi connectivity index (χ4n) is 3.55. The molecule has 0 fully saturated rings. The van der Waals surface area contributed by atoms with Crippen LogP contribution in [0, 0.1) is 5.92 Å². The average Bonchev–Trinajstić information content (AvgIpc) is 3.35. The first-order chi connectivity index (χ1) is 16.3. The van der Waals surface area contributed by atoms with Crippen LogP contribution in [0.2, 0.25) is 0 Å². The maximum atomic E-state index is 13.2. The standard InChI is InChI=1S/C25H29N3O5S/c1-19(2)24(25(30)26-16-20-10-5-3-6-11-20)28(18-21-12-9-15-33-21)23(29)17-27-34(31,32)22-13-7-4-8-14-22/h3-15,19,24,27H,16-18H2,1-2H3,(H,26,30)/t24-/m1/s1. The molecule has 0 aliphatic rings. The summed E-state index contributed by atoms with van der Waals surface area (Å²) in [6.07, 6.45) is 1.48. The highest BCUT2D eigenvalue weighted by atomic mass is 32.2. The minimum absolute atomic E-state index is 0.0283. The highest BCUT2D eigenvalue weighted by Gasteiger charge is 2.33. The molecule has 8 nitrogen and oxygen atoms in total. The molecule has 0 aliphatic carbocycles. The molecule has 0 saturated heterocycles. The number of carbonyl (C=O) groups is 2. The van der Waals surface area contributed by atoms with Gasteiger partial charge in [0, 0.05) is 6.54 Å². The van der Waals surface area contributed by atoms with Gasteiger partial charge in [0.25, 0.3) is 0 Å². The van der Waals surface area contributed by atoms with E-state index in [1.807, 2.05) is 44.2 Å². The van der Waals surface area contributed by atoms with Gasteiger partial charge in [-0.2, -0.15) is 0 Å². The largest absolute Gasteiger partial charge is 0.467 e. The summed E-state index contributed by atoms with van der Waals surface area (Å²) in [5.74, 6) is -0.615. The van der Waals surface area contributed by atoms with Crippen LogP contribution in [-0.4, -0.2) is 37.7 Å². The van der Waals surface area contributed by atoms with Gasteiger partial charge in [-0.15, -0.1) is 0 Å². The van der Waals surface area contributed by atoms with E-state index >= 15 is 0 Å². The van der Waals surface area contributed by atoms with Gasteiger partial charge in [0.1, 0.15) is 11.8 Å². The maximum absolute atomic E-state index is 13.2. The number of hydrogen-bond acceptors (Lipinski definition) is 5. The molecule has 0 saturated carbocycles. The Labute approximate surface area is 200 Å². The molecule has 2 aromatic carbocycles. The lowest BCUT2D eigenvalue weighted by Gasteiger charge is -2.33. The topological polar surface area (TPSA) is 109 Å². The summed E-state index contributed by atoms with van der Waals surface area (Å²) >= 11 is 0. The zero-order chi connectivity index (χ0) is 24.6. The molecular weight excluding hydrogens is 454 g/mol. The van der Waals surface area contributed by atoms with Crippen LogP contribution in [0.4, 0.5) is 0 Å². The Morgan fingerprint density at radius 2 is 1.59 bits per heavy atom. The first-order valence-corrected chi connectivity index (χ1v) is 12.4. The number of amides is 2. The molecule has 180 valence electrons. The lowest BCUT2D eigenvalue weighted by Crippen LogP contribution is -2.53. The third-order valence-electron chi connectivity index (χ3n) is 5.24. The van der Waals surface area contributed by atoms with Crippen LogP contribution >= 0.6 is 0 Å². The number of sulfonamides is 1. The summed E-state index contributed by atoms with van der Waals surface area (Å²) in [6.45, 7) is 3.52. The van der Waals surface area contributed by atoms with Gasteiger partial charge in [-0.3, -0.25) is 9.59 Å². The highest BCUT2D eigenvalue weighted by molar-refractivity contribution is 7.89. The quantitative estimate of drug-likeness (QED) is 0.436. The van der Waals surface area contributed by atoms with E-state index in [1.165, 1.54) is 23.3 Å². The maximum Gasteiger partial charge on any atom is 0.243 e. The molecule has 0 bridgehead atoms. The Morgan fingerprint density at radius 1 is 0.941 bits per heavy atom. The lowest BCUT2D eigenvalue weighted by atomic mass is 10.0. The monoisotopic (exact) mass is 483 g/mol. The fourth-order valence-corrected chi connectivity index (χ4v) is 4.54. The number of nitrogens with one attached hydrogen (secondary N) is 2. The van der Waals surface area contributed by atoms with Crippen LogP contribution in [0.25, 0.3) is 0 Å². The zero-order valence-electron chi connectivity index (χ0n) is 19.2. The number of hydrogen-bond donors (Lipinski definition) is 2. The molecule has 0 aliphatic heterocycles. The van der Waals surface area contributed by atoms with Crippen molar-refractivity contribution in [3.05, 3.63) is 90.4 Å². The number of nitrogens with zero attached hydrogens (tertiary/aromatic N) is 1. The first-order valence-electron chi connectivity index (χ1n) is 11.0. The van der Waals surface area contributed by atoms with Crippen LogP contribution < -0.4 is 10.0 Å². The van der Waals surface area contributed by atoms with Crippen LogP contribution in [0.15, 0.2) is 88.4 Å². The van der Waals surface area contributed by atoms with Crippen molar-refractivity contribution in [2.24, 2.45) is 5.92 Å². The van der Waals surface area contributed by atoms with Crippen LogP contribution in [0.5, 0.6) is 0 Å². The Balaban J connectivity index is 1.78. The van der Waals surface area contributed by atoms with Crippen LogP contribution in [-0.2, 0) is 32.7 Å². The lowest BCUT2D eigenvalue weighted by molar-refractivity contribution is -0.142. The van der Waals surface area contributed by atoms with Gasteiger partial charge in [0.15, 0.2) is 0 Å². The second kappa shape index (κ2) is 11.6. The van der Waals surface area contributed by atoms with E-state index in [0.29, 0.717) is 12.3 Å². The summed E-state index contributed by atoms with van der Waals surface area (Å²) in [6, 6.07) is 19.8. The molecule has 2 amide bonds. The predicted molar refractivity (Wildman–Crippen MR) is 128 cm³/mol. The molecule has 2 N–H and O–H groups in total. The predicted octanol–water partition coefficient (Wildman–Crippen LogP) is 2.93. The van der Waals surface area contributed by atoms with Gasteiger partial charge >= 0.3 is 0 Å². The van der Waals surface area contributed by atoms with E-state index in [1.54, 1.807) is 30.3 Å². The van der Waals surface area contributed by atoms with Crippen LogP contribution in [0.1, 0.15) is 25.2 Å². The van der Waals surface area contributed by atoms with Crippen molar-refractivity contribution in [1.29, 1.82) is 0 Å². The normalized spacial score (nSPS) is 12.3. The summed E-state index contributed by atoms with van der Waals surface area (Å²) < 4.78 is 32.9. The summed E-state index contributed by atoms with van der Waals surface area (Å²) in [5.41, 5.74) is 0.929. The molecule has 0 unspecified atom stereocenters. The van der Waals surface area contributed by atoms with Crippen molar-refractivity contribution in [3.63, 3.8) is 0 Å². The van der Waals surface area contributed by atoms with Crippen molar-refractivity contribution in [3.8, 4) is 0 Å². The van der Waals surface area contributed by atoms with Gasteiger partial charge in [0.05, 0.1) is 24.2 Å². The second-order valence-electron chi connectivity index (χ2n) is 8.13. The molecule has 0 radical (unpaired) electrons. The molecule has 3 rings (SSSR count). The molecule has 3 aromatic rings. The SMILES string of the molecule is CC(C)[C@H](C(=O)NCc1ccccc1)N(Cc1ccco1)C(=O)CNS(=O)(=O)c1ccccc1. The van der Waals surface area contributed by atoms with Gasteiger partial charge < -0.3 is 14.6 Å². The van der Waals surface area contributed by atoms with E-state index in [0.717, 1.165) is 5.56 Å². The number of benzene rings is 2. The van der Waals surface area contributed by atoms with E-state index in [9.17, 15) is 18.0 Å². The summed E-state index contributed by atoms with van der Waals surface area (Å²) in [7, 11) is -3.88. The molecule has 0 spiro atoms. The number of furan rings is 1. The third-order valence-corrected chi connectivity index (χ3v) is 6.66. The minimum Gasteiger partial charge on any atom is -0.467 e. The van der Waals surface area contributed by atoms with E-state index in [4.69, 9.17) is 4.42 Å². The molecular formula is C25H29N3O5S. The zero-order valence-corrected chi connectivity index (χ0v) is 20.0. The Morgan fingerprint density at radius 3 is 2.18 bits per heavy atom. The van der Waals surface area contributed by atoms with Crippen molar-refractivity contribution in [1.82, 2.24) is 14.9 Å². The number of carbonyl (C=O) groups excluding carboxylic acids is 2. The van der Waals surface area contributed by atoms with E-state index in [2.05, 4.69) is 10.0 Å². The van der Waals surface area contributed by atoms with Crippen molar-refractivity contribution < 1.29 is 22.4 Å². The van der Waals surface area contributed by atoms with Gasteiger partial charge in [0.2, 0.25) is 21.8 Å². The minimum atomic E-state index is -3.88. The number of rotatable bonds is 11. The Bertz CT molecular complexity index is 1160. The highest BCUT2D eigenvalue weighted by Crippen LogP contribution is 2.17. The van der Waals surface area contributed by atoms with Gasteiger partial charge in [-0.1, -0.05) is 62.4 Å². The Hall–Kier alpha value is -3.43. The van der Waals surface area contributed by atoms with Crippen molar-refractivity contribution in [2.75, 3.05) is 6.54 Å². The summed E-state index contributed by atoms with van der Waals surface area (Å²) in [4.78, 5) is 27.8. The first kappa shape index (κ1) is 25.2. The van der Waals surface area contributed by atoms with Gasteiger partial charge in [-0.25, -0.2) is 13.1 Å². The van der Waals surface area contributed by atoms with E-state index < -0.39 is 28.5 Å². The molecule has 34 heavy (non-hydrogen) atoms. The molecule has 1 atom stereocenters. The average molecular weight is 484 g/mol. The van der Waals surface area contributed by atoms with Crippen LogP contribution in [0.3, 0.4) is 0 Å². The van der Waals surface area contributed by atoms with Gasteiger partial charge in [-0.05, 0) is 35.7 Å². The molecule has 9 heteroatoms. The van der Waals surface area contributed by atoms with E-state index in [-0.39, 0.29) is 23.3 Å². The Kier molecular flexibility index (Phi) is 8.61. The van der Waals surface area contributed by atoms with Crippen molar-refractivity contribution in [2.45, 2.75) is 37.9 Å². The summed E-state index contributed by atoms with van der Waals surface area (Å²) in [5, 5.41) is 2.89. The fraction of sp³-hybridized carbons (Fsp3) is 0.280. The molecule has 1 heterocycles. The third kappa shape index (κ3) is 6.79.